The van der Waals surface area contributed by atoms with Crippen LogP contribution in [0.4, 0.5) is 0 Å². The van der Waals surface area contributed by atoms with E-state index in [1.54, 1.807) is 0 Å². The molecule has 0 aliphatic carbocycles. The van der Waals surface area contributed by atoms with E-state index in [2.05, 4.69) is 12.2 Å². The minimum atomic E-state index is -0.211. The highest BCUT2D eigenvalue weighted by Gasteiger charge is 2.20. The number of amides is 2. The Morgan fingerprint density at radius 3 is 1.89 bits per heavy atom. The summed E-state index contributed by atoms with van der Waals surface area (Å²) in [7, 11) is 0. The highest BCUT2D eigenvalue weighted by molar-refractivity contribution is 5.80. The zero-order valence-corrected chi connectivity index (χ0v) is 13.0. The average Bonchev–Trinajstić information content (AvgIpc) is 2.80. The number of rotatable bonds is 3. The minimum absolute atomic E-state index is 0.211. The van der Waals surface area contributed by atoms with Crippen molar-refractivity contribution in [1.29, 1.82) is 0 Å². The molecule has 0 aromatic rings. The number of carbonyl (C=O) groups excluding carboxylic acids is 2. The molecule has 1 rings (SSSR count). The van der Waals surface area contributed by atoms with Gasteiger partial charge in [-0.15, -0.1) is 0 Å². The quantitative estimate of drug-likeness (QED) is 0.819. The SMILES string of the molecule is CC.CC.CCCC(N)=O.CC[C@@H]1CCNC1=O. The first kappa shape index (κ1) is 22.1. The molecular formula is C14H32N2O2. The van der Waals surface area contributed by atoms with Crippen LogP contribution in [0.5, 0.6) is 0 Å². The Hall–Kier alpha value is -1.06. The Morgan fingerprint density at radius 2 is 1.78 bits per heavy atom. The number of nitrogens with two attached hydrogens (primary N) is 1. The van der Waals surface area contributed by atoms with Crippen LogP contribution in [-0.4, -0.2) is 18.4 Å². The molecule has 1 aliphatic rings. The van der Waals surface area contributed by atoms with Gasteiger partial charge in [-0.1, -0.05) is 41.5 Å². The lowest BCUT2D eigenvalue weighted by atomic mass is 10.1. The minimum Gasteiger partial charge on any atom is -0.370 e. The topological polar surface area (TPSA) is 72.2 Å². The van der Waals surface area contributed by atoms with Crippen molar-refractivity contribution in [2.75, 3.05) is 6.54 Å². The third kappa shape index (κ3) is 14.9. The van der Waals surface area contributed by atoms with E-state index in [9.17, 15) is 9.59 Å². The molecule has 1 saturated heterocycles. The Morgan fingerprint density at radius 1 is 1.28 bits per heavy atom. The number of hydrogen-bond donors (Lipinski definition) is 2. The molecule has 0 spiro atoms. The van der Waals surface area contributed by atoms with Crippen LogP contribution in [-0.2, 0) is 9.59 Å². The molecule has 0 aromatic heterocycles. The fourth-order valence-corrected chi connectivity index (χ4v) is 1.28. The van der Waals surface area contributed by atoms with E-state index < -0.39 is 0 Å². The second kappa shape index (κ2) is 18.3. The first-order valence-corrected chi connectivity index (χ1v) is 7.17. The maximum absolute atomic E-state index is 10.7. The summed E-state index contributed by atoms with van der Waals surface area (Å²) in [6.07, 6.45) is 3.40. The predicted octanol–water partition coefficient (Wildman–Crippen LogP) is 2.86. The van der Waals surface area contributed by atoms with Gasteiger partial charge >= 0.3 is 0 Å². The molecule has 2 amide bonds. The van der Waals surface area contributed by atoms with E-state index >= 15 is 0 Å². The molecule has 0 unspecified atom stereocenters. The summed E-state index contributed by atoms with van der Waals surface area (Å²) in [6, 6.07) is 0. The molecule has 4 nitrogen and oxygen atoms in total. The molecule has 0 radical (unpaired) electrons. The third-order valence-corrected chi connectivity index (χ3v) is 2.15. The van der Waals surface area contributed by atoms with Crippen LogP contribution >= 0.6 is 0 Å². The van der Waals surface area contributed by atoms with Crippen LogP contribution in [0.1, 0.15) is 67.2 Å². The van der Waals surface area contributed by atoms with Crippen LogP contribution in [0.3, 0.4) is 0 Å². The van der Waals surface area contributed by atoms with Gasteiger partial charge < -0.3 is 11.1 Å². The Kier molecular flexibility index (Phi) is 22.5. The second-order valence-corrected chi connectivity index (χ2v) is 3.40. The van der Waals surface area contributed by atoms with Crippen LogP contribution in [0.15, 0.2) is 0 Å². The van der Waals surface area contributed by atoms with Crippen molar-refractivity contribution in [3.05, 3.63) is 0 Å². The Labute approximate surface area is 113 Å². The van der Waals surface area contributed by atoms with Gasteiger partial charge in [0.2, 0.25) is 11.8 Å². The number of nitrogens with one attached hydrogen (secondary N) is 1. The molecular weight excluding hydrogens is 228 g/mol. The van der Waals surface area contributed by atoms with Crippen LogP contribution in [0.25, 0.3) is 0 Å². The number of hydrogen-bond acceptors (Lipinski definition) is 2. The summed E-state index contributed by atoms with van der Waals surface area (Å²) < 4.78 is 0. The average molecular weight is 260 g/mol. The number of carbonyl (C=O) groups is 2. The standard InChI is InChI=1S/C6H11NO.C4H9NO.2C2H6/c1-2-5-3-4-7-6(5)8;1-2-3-4(5)6;2*1-2/h5H,2-4H2,1H3,(H,7,8);2-3H2,1H3,(H2,5,6);2*1-2H3/t5-;;;/m1.../s1. The Bertz CT molecular complexity index is 194. The molecule has 1 fully saturated rings. The van der Waals surface area contributed by atoms with Gasteiger partial charge in [-0.05, 0) is 19.3 Å². The second-order valence-electron chi connectivity index (χ2n) is 3.40. The van der Waals surface area contributed by atoms with Crippen LogP contribution in [0, 0.1) is 5.92 Å². The van der Waals surface area contributed by atoms with E-state index in [1.807, 2.05) is 34.6 Å². The summed E-state index contributed by atoms with van der Waals surface area (Å²) in [5, 5.41) is 2.78. The molecule has 0 aromatic carbocycles. The smallest absolute Gasteiger partial charge is 0.223 e. The fourth-order valence-electron chi connectivity index (χ4n) is 1.28. The van der Waals surface area contributed by atoms with Crippen molar-refractivity contribution in [1.82, 2.24) is 5.32 Å². The lowest BCUT2D eigenvalue weighted by Crippen LogP contribution is -2.18. The van der Waals surface area contributed by atoms with Crippen molar-refractivity contribution in [3.8, 4) is 0 Å². The molecule has 1 aliphatic heterocycles. The van der Waals surface area contributed by atoms with E-state index in [0.29, 0.717) is 12.3 Å². The zero-order chi connectivity index (χ0) is 15.0. The third-order valence-electron chi connectivity index (χ3n) is 2.15. The molecule has 4 heteroatoms. The largest absolute Gasteiger partial charge is 0.370 e. The van der Waals surface area contributed by atoms with Crippen molar-refractivity contribution >= 4 is 11.8 Å². The maximum atomic E-state index is 10.7. The highest BCUT2D eigenvalue weighted by atomic mass is 16.2. The van der Waals surface area contributed by atoms with E-state index in [-0.39, 0.29) is 11.8 Å². The monoisotopic (exact) mass is 260 g/mol. The van der Waals surface area contributed by atoms with Crippen molar-refractivity contribution in [2.45, 2.75) is 67.2 Å². The summed E-state index contributed by atoms with van der Waals surface area (Å²) >= 11 is 0. The molecule has 110 valence electrons. The van der Waals surface area contributed by atoms with Crippen molar-refractivity contribution in [3.63, 3.8) is 0 Å². The molecule has 1 atom stereocenters. The van der Waals surface area contributed by atoms with Crippen molar-refractivity contribution < 1.29 is 9.59 Å². The van der Waals surface area contributed by atoms with Gasteiger partial charge in [0.1, 0.15) is 0 Å². The van der Waals surface area contributed by atoms with Gasteiger partial charge in [0.15, 0.2) is 0 Å². The van der Waals surface area contributed by atoms with E-state index in [1.165, 1.54) is 0 Å². The molecule has 18 heavy (non-hydrogen) atoms. The van der Waals surface area contributed by atoms with Gasteiger partial charge in [0.25, 0.3) is 0 Å². The Balaban J connectivity index is -0.000000201. The fraction of sp³-hybridized carbons (Fsp3) is 0.857. The summed E-state index contributed by atoms with van der Waals surface area (Å²) in [5.74, 6) is 0.347. The molecule has 0 saturated carbocycles. The van der Waals surface area contributed by atoms with Crippen LogP contribution < -0.4 is 11.1 Å². The molecule has 3 N–H and O–H groups in total. The van der Waals surface area contributed by atoms with Gasteiger partial charge in [0, 0.05) is 18.9 Å². The first-order chi connectivity index (χ1) is 8.61. The van der Waals surface area contributed by atoms with Gasteiger partial charge in [-0.2, -0.15) is 0 Å². The summed E-state index contributed by atoms with van der Waals surface area (Å²) in [4.78, 5) is 20.5. The summed E-state index contributed by atoms with van der Waals surface area (Å²) in [6.45, 7) is 12.9. The number of primary amides is 1. The van der Waals surface area contributed by atoms with Gasteiger partial charge in [-0.3, -0.25) is 9.59 Å². The maximum Gasteiger partial charge on any atom is 0.223 e. The highest BCUT2D eigenvalue weighted by Crippen LogP contribution is 2.11. The molecule has 0 bridgehead atoms. The zero-order valence-electron chi connectivity index (χ0n) is 13.0. The first-order valence-electron chi connectivity index (χ1n) is 7.17. The van der Waals surface area contributed by atoms with Crippen molar-refractivity contribution in [2.24, 2.45) is 11.7 Å². The molecule has 1 heterocycles. The van der Waals surface area contributed by atoms with Crippen LogP contribution in [0.2, 0.25) is 0 Å². The van der Waals surface area contributed by atoms with E-state index in [4.69, 9.17) is 5.73 Å². The predicted molar refractivity (Wildman–Crippen MR) is 78.2 cm³/mol. The normalized spacial score (nSPS) is 15.9. The lowest BCUT2D eigenvalue weighted by molar-refractivity contribution is -0.122. The lowest BCUT2D eigenvalue weighted by Gasteiger charge is -1.97. The van der Waals surface area contributed by atoms with E-state index in [0.717, 1.165) is 25.8 Å². The summed E-state index contributed by atoms with van der Waals surface area (Å²) in [5.41, 5.74) is 4.76. The van der Waals surface area contributed by atoms with Gasteiger partial charge in [0.05, 0.1) is 0 Å². The van der Waals surface area contributed by atoms with Gasteiger partial charge in [-0.25, -0.2) is 0 Å².